The number of nitrogens with zero attached hydrogens (tertiary/aromatic N) is 3. The highest BCUT2D eigenvalue weighted by Gasteiger charge is 2.26. The fourth-order valence-electron chi connectivity index (χ4n) is 4.65. The van der Waals surface area contributed by atoms with Crippen molar-refractivity contribution in [1.82, 2.24) is 9.88 Å². The predicted molar refractivity (Wildman–Crippen MR) is 133 cm³/mol. The fourth-order valence-corrected chi connectivity index (χ4v) is 5.38. The molecule has 0 radical (unpaired) electrons. The van der Waals surface area contributed by atoms with Gasteiger partial charge in [-0.25, -0.2) is 4.98 Å². The Labute approximate surface area is 198 Å². The van der Waals surface area contributed by atoms with Crippen LogP contribution in [0.15, 0.2) is 47.8 Å². The van der Waals surface area contributed by atoms with Gasteiger partial charge in [-0.15, -0.1) is 11.3 Å². The molecule has 1 N–H and O–H groups in total. The largest absolute Gasteiger partial charge is 0.308 e. The maximum absolute atomic E-state index is 13.0. The molecule has 2 aliphatic rings. The van der Waals surface area contributed by atoms with Crippen LogP contribution in [0.3, 0.4) is 0 Å². The molecule has 33 heavy (non-hydrogen) atoms. The van der Waals surface area contributed by atoms with E-state index in [1.807, 2.05) is 53.6 Å². The zero-order valence-corrected chi connectivity index (χ0v) is 19.7. The van der Waals surface area contributed by atoms with E-state index in [0.29, 0.717) is 18.2 Å². The number of fused-ring (bicyclic) bond motifs is 1. The summed E-state index contributed by atoms with van der Waals surface area (Å²) in [5.74, 6) is 0.0367. The van der Waals surface area contributed by atoms with Crippen molar-refractivity contribution < 1.29 is 9.59 Å². The van der Waals surface area contributed by atoms with Crippen LogP contribution in [-0.2, 0) is 11.2 Å². The van der Waals surface area contributed by atoms with Crippen LogP contribution in [0.5, 0.6) is 0 Å². The van der Waals surface area contributed by atoms with Crippen LogP contribution in [0, 0.1) is 6.92 Å². The third-order valence-corrected chi connectivity index (χ3v) is 7.11. The van der Waals surface area contributed by atoms with Crippen molar-refractivity contribution in [3.63, 3.8) is 0 Å². The van der Waals surface area contributed by atoms with Crippen molar-refractivity contribution in [2.24, 2.45) is 0 Å². The average Bonchev–Trinajstić information content (AvgIpc) is 3.46. The number of carbonyl (C=O) groups excluding carboxylic acids is 2. The smallest absolute Gasteiger partial charge is 0.258 e. The molecule has 0 bridgehead atoms. The number of hydrogen-bond acceptors (Lipinski definition) is 5. The van der Waals surface area contributed by atoms with Gasteiger partial charge in [-0.2, -0.15) is 0 Å². The Bertz CT molecular complexity index is 1180. The van der Waals surface area contributed by atoms with E-state index in [1.165, 1.54) is 30.6 Å². The Morgan fingerprint density at radius 1 is 1.06 bits per heavy atom. The summed E-state index contributed by atoms with van der Waals surface area (Å²) in [6.45, 7) is 5.10. The molecule has 1 saturated heterocycles. The van der Waals surface area contributed by atoms with Gasteiger partial charge in [0.1, 0.15) is 0 Å². The van der Waals surface area contributed by atoms with Gasteiger partial charge in [0.2, 0.25) is 5.91 Å². The van der Waals surface area contributed by atoms with Crippen LogP contribution in [0.25, 0.3) is 11.3 Å². The van der Waals surface area contributed by atoms with E-state index in [-0.39, 0.29) is 11.8 Å². The first kappa shape index (κ1) is 21.8. The number of likely N-dealkylation sites (tertiary alicyclic amines) is 1. The lowest BCUT2D eigenvalue weighted by Crippen LogP contribution is -2.36. The van der Waals surface area contributed by atoms with Crippen molar-refractivity contribution in [3.8, 4) is 11.3 Å². The number of carbonyl (C=O) groups is 2. The zero-order chi connectivity index (χ0) is 22.8. The summed E-state index contributed by atoms with van der Waals surface area (Å²) in [4.78, 5) is 34.1. The Morgan fingerprint density at radius 3 is 2.73 bits per heavy atom. The maximum Gasteiger partial charge on any atom is 0.258 e. The minimum atomic E-state index is -0.00273. The molecule has 5 rings (SSSR count). The van der Waals surface area contributed by atoms with E-state index < -0.39 is 0 Å². The lowest BCUT2D eigenvalue weighted by molar-refractivity contribution is -0.117. The van der Waals surface area contributed by atoms with Gasteiger partial charge in [0.05, 0.1) is 12.2 Å². The van der Waals surface area contributed by atoms with Gasteiger partial charge in [0.15, 0.2) is 5.13 Å². The van der Waals surface area contributed by atoms with E-state index in [9.17, 15) is 9.59 Å². The van der Waals surface area contributed by atoms with E-state index in [0.717, 1.165) is 53.1 Å². The van der Waals surface area contributed by atoms with Gasteiger partial charge < -0.3 is 10.2 Å². The lowest BCUT2D eigenvalue weighted by atomic mass is 10.1. The lowest BCUT2D eigenvalue weighted by Gasteiger charge is -2.25. The number of amides is 2. The highest BCUT2D eigenvalue weighted by atomic mass is 32.1. The van der Waals surface area contributed by atoms with Gasteiger partial charge in [-0.05, 0) is 69.1 Å². The van der Waals surface area contributed by atoms with Gasteiger partial charge in [-0.1, -0.05) is 30.2 Å². The highest BCUT2D eigenvalue weighted by molar-refractivity contribution is 7.14. The molecule has 7 heteroatoms. The number of piperidine rings is 1. The Morgan fingerprint density at radius 2 is 1.91 bits per heavy atom. The molecule has 1 aromatic heterocycles. The number of thiazole rings is 1. The Hall–Kier alpha value is -3.03. The first-order chi connectivity index (χ1) is 16.1. The Kier molecular flexibility index (Phi) is 6.24. The summed E-state index contributed by atoms with van der Waals surface area (Å²) in [5.41, 5.74) is 5.77. The summed E-state index contributed by atoms with van der Waals surface area (Å²) in [6.07, 6.45) is 4.42. The monoisotopic (exact) mass is 460 g/mol. The number of nitrogens with one attached hydrogen (secondary N) is 1. The number of aryl methyl sites for hydroxylation is 1. The molecule has 2 amide bonds. The predicted octanol–water partition coefficient (Wildman–Crippen LogP) is 4.75. The summed E-state index contributed by atoms with van der Waals surface area (Å²) < 4.78 is 0. The number of aromatic nitrogens is 1. The van der Waals surface area contributed by atoms with Crippen LogP contribution >= 0.6 is 11.3 Å². The topological polar surface area (TPSA) is 65.5 Å². The third-order valence-electron chi connectivity index (χ3n) is 6.35. The minimum Gasteiger partial charge on any atom is -0.308 e. The van der Waals surface area contributed by atoms with Gasteiger partial charge in [0.25, 0.3) is 5.91 Å². The first-order valence-corrected chi connectivity index (χ1v) is 12.4. The summed E-state index contributed by atoms with van der Waals surface area (Å²) in [6, 6.07) is 13.9. The first-order valence-electron chi connectivity index (χ1n) is 11.6. The average molecular weight is 461 g/mol. The molecule has 3 aromatic rings. The molecule has 0 unspecified atom stereocenters. The molecule has 170 valence electrons. The number of hydrogen-bond donors (Lipinski definition) is 1. The van der Waals surface area contributed by atoms with Crippen LogP contribution in [-0.4, -0.2) is 47.9 Å². The van der Waals surface area contributed by atoms with E-state index in [4.69, 9.17) is 0 Å². The third kappa shape index (κ3) is 4.84. The molecule has 0 atom stereocenters. The summed E-state index contributed by atoms with van der Waals surface area (Å²) in [5, 5.41) is 5.55. The van der Waals surface area contributed by atoms with Gasteiger partial charge >= 0.3 is 0 Å². The molecular formula is C26H28N4O2S. The second kappa shape index (κ2) is 9.45. The molecule has 1 fully saturated rings. The SMILES string of the molecule is Cc1cccc(C(=O)N2CCc3cc(-c4csc(NC(=O)CN5CCCCC5)n4)ccc32)c1. The highest BCUT2D eigenvalue weighted by Crippen LogP contribution is 2.34. The van der Waals surface area contributed by atoms with E-state index in [2.05, 4.69) is 21.3 Å². The molecule has 0 aliphatic carbocycles. The number of anilines is 2. The van der Waals surface area contributed by atoms with Crippen LogP contribution in [0.2, 0.25) is 0 Å². The van der Waals surface area contributed by atoms with Gasteiger partial charge in [-0.3, -0.25) is 14.5 Å². The summed E-state index contributed by atoms with van der Waals surface area (Å²) in [7, 11) is 0. The van der Waals surface area contributed by atoms with Crippen molar-refractivity contribution in [1.29, 1.82) is 0 Å². The van der Waals surface area contributed by atoms with Crippen LogP contribution < -0.4 is 10.2 Å². The van der Waals surface area contributed by atoms with Gasteiger partial charge in [0, 0.05) is 28.7 Å². The van der Waals surface area contributed by atoms with Crippen molar-refractivity contribution in [2.75, 3.05) is 36.4 Å². The van der Waals surface area contributed by atoms with Crippen molar-refractivity contribution >= 4 is 34.0 Å². The van der Waals surface area contributed by atoms with Crippen LogP contribution in [0.4, 0.5) is 10.8 Å². The normalized spacial score (nSPS) is 16.0. The molecule has 3 heterocycles. The summed E-state index contributed by atoms with van der Waals surface area (Å²) >= 11 is 1.45. The molecule has 2 aliphatic heterocycles. The molecular weight excluding hydrogens is 432 g/mol. The Balaban J connectivity index is 1.27. The van der Waals surface area contributed by atoms with Crippen molar-refractivity contribution in [2.45, 2.75) is 32.6 Å². The maximum atomic E-state index is 13.0. The second-order valence-electron chi connectivity index (χ2n) is 8.84. The van der Waals surface area contributed by atoms with E-state index >= 15 is 0 Å². The van der Waals surface area contributed by atoms with Crippen molar-refractivity contribution in [3.05, 3.63) is 64.5 Å². The second-order valence-corrected chi connectivity index (χ2v) is 9.70. The molecule has 0 saturated carbocycles. The molecule has 0 spiro atoms. The standard InChI is InChI=1S/C26H28N4O2S/c1-18-6-5-7-21(14-18)25(32)30-13-10-20-15-19(8-9-23(20)30)22-17-33-26(27-22)28-24(31)16-29-11-3-2-4-12-29/h5-9,14-15,17H,2-4,10-13,16H2,1H3,(H,27,28,31). The number of rotatable bonds is 5. The quantitative estimate of drug-likeness (QED) is 0.597. The van der Waals surface area contributed by atoms with Crippen LogP contribution in [0.1, 0.15) is 40.7 Å². The minimum absolute atomic E-state index is 0.00273. The molecule has 6 nitrogen and oxygen atoms in total. The molecule has 2 aromatic carbocycles. The zero-order valence-electron chi connectivity index (χ0n) is 18.8. The number of benzene rings is 2. The fraction of sp³-hybridized carbons (Fsp3) is 0.346. The van der Waals surface area contributed by atoms with E-state index in [1.54, 1.807) is 0 Å².